The first-order valence-electron chi connectivity index (χ1n) is 9.02. The molecule has 142 valence electrons. The number of nitrogens with one attached hydrogen (secondary N) is 1. The van der Waals surface area contributed by atoms with E-state index in [4.69, 9.17) is 14.6 Å². The lowest BCUT2D eigenvalue weighted by atomic mass is 10.0. The Morgan fingerprint density at radius 2 is 1.81 bits per heavy atom. The Balaban J connectivity index is 1.47. The van der Waals surface area contributed by atoms with Gasteiger partial charge >= 0.3 is 5.97 Å². The molecule has 0 atom stereocenters. The second kappa shape index (κ2) is 7.13. The summed E-state index contributed by atoms with van der Waals surface area (Å²) in [6.07, 6.45) is 1.59. The number of aromatic nitrogens is 2. The number of aromatic carboxylic acids is 1. The first kappa shape index (κ1) is 17.7. The fourth-order valence-corrected chi connectivity index (χ4v) is 3.44. The van der Waals surface area contributed by atoms with Gasteiger partial charge in [-0.2, -0.15) is 4.98 Å². The van der Waals surface area contributed by atoms with Crippen LogP contribution in [-0.4, -0.2) is 53.1 Å². The highest BCUT2D eigenvalue weighted by atomic mass is 16.7. The van der Waals surface area contributed by atoms with Gasteiger partial charge in [-0.05, 0) is 31.2 Å². The third kappa shape index (κ3) is 3.86. The van der Waals surface area contributed by atoms with Crippen molar-refractivity contribution in [2.75, 3.05) is 36.5 Å². The summed E-state index contributed by atoms with van der Waals surface area (Å²) in [5.41, 5.74) is 1.88. The molecule has 2 aliphatic rings. The Hall–Kier alpha value is -2.71. The zero-order valence-corrected chi connectivity index (χ0v) is 15.1. The molecular formula is C19H22N4O4. The highest BCUT2D eigenvalue weighted by Crippen LogP contribution is 2.32. The number of benzene rings is 1. The summed E-state index contributed by atoms with van der Waals surface area (Å²) < 4.78 is 11.5. The number of carboxylic acids is 1. The van der Waals surface area contributed by atoms with Crippen LogP contribution in [0.4, 0.5) is 17.5 Å². The van der Waals surface area contributed by atoms with Gasteiger partial charge in [-0.3, -0.25) is 0 Å². The zero-order valence-electron chi connectivity index (χ0n) is 15.1. The van der Waals surface area contributed by atoms with Crippen LogP contribution in [0.3, 0.4) is 0 Å². The van der Waals surface area contributed by atoms with E-state index in [1.54, 1.807) is 24.3 Å². The van der Waals surface area contributed by atoms with Crippen molar-refractivity contribution in [3.8, 4) is 0 Å². The molecule has 0 bridgehead atoms. The molecule has 0 amide bonds. The average molecular weight is 370 g/mol. The Bertz CT molecular complexity index is 824. The standard InChI is InChI=1S/C19H22N4O4/c1-13-12-16(21-15-4-2-14(3-5-15)17(24)25)22-18(20-13)23-8-6-19(7-9-23)26-10-11-27-19/h2-5,12H,6-11H2,1H3,(H,24,25)(H,20,21,22). The summed E-state index contributed by atoms with van der Waals surface area (Å²) in [5, 5.41) is 12.2. The monoisotopic (exact) mass is 370 g/mol. The minimum absolute atomic E-state index is 0.249. The maximum absolute atomic E-state index is 11.0. The van der Waals surface area contributed by atoms with Crippen molar-refractivity contribution in [1.29, 1.82) is 0 Å². The van der Waals surface area contributed by atoms with Crippen LogP contribution in [-0.2, 0) is 9.47 Å². The number of aryl methyl sites for hydroxylation is 1. The third-order valence-electron chi connectivity index (χ3n) is 4.87. The SMILES string of the molecule is Cc1cc(Nc2ccc(C(=O)O)cc2)nc(N2CCC3(CC2)OCCO3)n1. The molecule has 2 fully saturated rings. The van der Waals surface area contributed by atoms with E-state index in [-0.39, 0.29) is 5.56 Å². The number of rotatable bonds is 4. The smallest absolute Gasteiger partial charge is 0.335 e. The van der Waals surface area contributed by atoms with E-state index in [0.29, 0.717) is 25.0 Å². The van der Waals surface area contributed by atoms with Crippen LogP contribution in [0, 0.1) is 6.92 Å². The number of piperidine rings is 1. The first-order chi connectivity index (χ1) is 13.0. The number of hydrogen-bond donors (Lipinski definition) is 2. The minimum atomic E-state index is -0.945. The topological polar surface area (TPSA) is 96.8 Å². The third-order valence-corrected chi connectivity index (χ3v) is 4.87. The summed E-state index contributed by atoms with van der Waals surface area (Å²) >= 11 is 0. The molecule has 2 saturated heterocycles. The van der Waals surface area contributed by atoms with Gasteiger partial charge < -0.3 is 24.8 Å². The molecule has 2 aliphatic heterocycles. The first-order valence-corrected chi connectivity index (χ1v) is 9.02. The molecular weight excluding hydrogens is 348 g/mol. The fourth-order valence-electron chi connectivity index (χ4n) is 3.44. The maximum atomic E-state index is 11.0. The molecule has 27 heavy (non-hydrogen) atoms. The Kier molecular flexibility index (Phi) is 4.67. The van der Waals surface area contributed by atoms with Crippen LogP contribution in [0.15, 0.2) is 30.3 Å². The van der Waals surface area contributed by atoms with Crippen LogP contribution in [0.5, 0.6) is 0 Å². The van der Waals surface area contributed by atoms with Gasteiger partial charge in [-0.15, -0.1) is 0 Å². The zero-order chi connectivity index (χ0) is 18.9. The number of carboxylic acid groups (broad SMARTS) is 1. The quantitative estimate of drug-likeness (QED) is 0.848. The number of anilines is 3. The Morgan fingerprint density at radius 3 is 2.44 bits per heavy atom. The molecule has 0 saturated carbocycles. The minimum Gasteiger partial charge on any atom is -0.478 e. The highest BCUT2D eigenvalue weighted by molar-refractivity contribution is 5.88. The molecule has 2 aromatic rings. The Morgan fingerprint density at radius 1 is 1.15 bits per heavy atom. The summed E-state index contributed by atoms with van der Waals surface area (Å²) in [7, 11) is 0. The molecule has 8 heteroatoms. The summed E-state index contributed by atoms with van der Waals surface area (Å²) in [5.74, 6) is -0.0191. The van der Waals surface area contributed by atoms with E-state index in [0.717, 1.165) is 37.3 Å². The molecule has 1 aromatic heterocycles. The molecule has 1 aromatic carbocycles. The van der Waals surface area contributed by atoms with E-state index < -0.39 is 11.8 Å². The highest BCUT2D eigenvalue weighted by Gasteiger charge is 2.40. The predicted octanol–water partition coefficient (Wildman–Crippen LogP) is 2.57. The largest absolute Gasteiger partial charge is 0.478 e. The van der Waals surface area contributed by atoms with Gasteiger partial charge in [0.1, 0.15) is 5.82 Å². The second-order valence-electron chi connectivity index (χ2n) is 6.80. The Labute approximate surface area is 157 Å². The number of nitrogens with zero attached hydrogens (tertiary/aromatic N) is 3. The van der Waals surface area contributed by atoms with Gasteiger partial charge in [0.2, 0.25) is 5.95 Å². The average Bonchev–Trinajstić information content (AvgIpc) is 3.10. The van der Waals surface area contributed by atoms with E-state index in [1.165, 1.54) is 0 Å². The maximum Gasteiger partial charge on any atom is 0.335 e. The van der Waals surface area contributed by atoms with Crippen LogP contribution in [0.1, 0.15) is 28.9 Å². The van der Waals surface area contributed by atoms with Crippen molar-refractivity contribution in [2.45, 2.75) is 25.6 Å². The van der Waals surface area contributed by atoms with Gasteiger partial charge in [0.15, 0.2) is 5.79 Å². The van der Waals surface area contributed by atoms with Crippen molar-refractivity contribution in [1.82, 2.24) is 9.97 Å². The number of carbonyl (C=O) groups is 1. The van der Waals surface area contributed by atoms with Crippen LogP contribution in [0.25, 0.3) is 0 Å². The summed E-state index contributed by atoms with van der Waals surface area (Å²) in [4.78, 5) is 22.3. The van der Waals surface area contributed by atoms with Crippen molar-refractivity contribution >= 4 is 23.4 Å². The van der Waals surface area contributed by atoms with E-state index in [1.807, 2.05) is 13.0 Å². The van der Waals surface area contributed by atoms with Crippen LogP contribution in [0.2, 0.25) is 0 Å². The molecule has 0 aliphatic carbocycles. The van der Waals surface area contributed by atoms with Crippen molar-refractivity contribution in [2.24, 2.45) is 0 Å². The van der Waals surface area contributed by atoms with E-state index in [9.17, 15) is 4.79 Å². The van der Waals surface area contributed by atoms with Gasteiger partial charge in [0.05, 0.1) is 18.8 Å². The predicted molar refractivity (Wildman–Crippen MR) is 99.5 cm³/mol. The molecule has 3 heterocycles. The molecule has 4 rings (SSSR count). The molecule has 0 unspecified atom stereocenters. The number of ether oxygens (including phenoxy) is 2. The van der Waals surface area contributed by atoms with Gasteiger partial charge in [-0.1, -0.05) is 0 Å². The van der Waals surface area contributed by atoms with Crippen molar-refractivity contribution in [3.63, 3.8) is 0 Å². The lowest BCUT2D eigenvalue weighted by Gasteiger charge is -2.37. The molecule has 2 N–H and O–H groups in total. The summed E-state index contributed by atoms with van der Waals surface area (Å²) in [6, 6.07) is 8.43. The summed E-state index contributed by atoms with van der Waals surface area (Å²) in [6.45, 7) is 4.80. The van der Waals surface area contributed by atoms with Crippen molar-refractivity contribution in [3.05, 3.63) is 41.6 Å². The van der Waals surface area contributed by atoms with E-state index >= 15 is 0 Å². The lowest BCUT2D eigenvalue weighted by molar-refractivity contribution is -0.169. The van der Waals surface area contributed by atoms with Crippen LogP contribution < -0.4 is 10.2 Å². The normalized spacial score (nSPS) is 18.6. The van der Waals surface area contributed by atoms with E-state index in [2.05, 4.69) is 20.2 Å². The molecule has 1 spiro atoms. The van der Waals surface area contributed by atoms with Crippen LogP contribution >= 0.6 is 0 Å². The number of hydrogen-bond acceptors (Lipinski definition) is 7. The molecule has 8 nitrogen and oxygen atoms in total. The lowest BCUT2D eigenvalue weighted by Crippen LogP contribution is -2.45. The molecule has 0 radical (unpaired) electrons. The van der Waals surface area contributed by atoms with Gasteiger partial charge in [-0.25, -0.2) is 9.78 Å². The van der Waals surface area contributed by atoms with Gasteiger partial charge in [0.25, 0.3) is 0 Å². The fraction of sp³-hybridized carbons (Fsp3) is 0.421. The van der Waals surface area contributed by atoms with Gasteiger partial charge in [0, 0.05) is 43.4 Å². The second-order valence-corrected chi connectivity index (χ2v) is 6.80. The van der Waals surface area contributed by atoms with Crippen molar-refractivity contribution < 1.29 is 19.4 Å².